The van der Waals surface area contributed by atoms with Gasteiger partial charge in [-0.25, -0.2) is 0 Å². The van der Waals surface area contributed by atoms with E-state index in [0.29, 0.717) is 18.1 Å². The van der Waals surface area contributed by atoms with E-state index in [0.717, 1.165) is 25.9 Å². The topological polar surface area (TPSA) is 38.3 Å². The first-order chi connectivity index (χ1) is 8.24. The Morgan fingerprint density at radius 2 is 1.94 bits per heavy atom. The number of benzene rings is 1. The van der Waals surface area contributed by atoms with Crippen LogP contribution in [0.3, 0.4) is 0 Å². The highest BCUT2D eigenvalue weighted by molar-refractivity contribution is 5.72. The fourth-order valence-corrected chi connectivity index (χ4v) is 2.10. The highest BCUT2D eigenvalue weighted by Crippen LogP contribution is 2.18. The van der Waals surface area contributed by atoms with E-state index in [4.69, 9.17) is 4.74 Å². The van der Waals surface area contributed by atoms with Crippen LogP contribution in [-0.4, -0.2) is 19.1 Å². The number of carbonyl (C=O) groups excluding carboxylic acids is 1. The predicted octanol–water partition coefficient (Wildman–Crippen LogP) is 2.29. The molecule has 0 amide bonds. The van der Waals surface area contributed by atoms with Crippen LogP contribution in [0.5, 0.6) is 5.75 Å². The minimum absolute atomic E-state index is 0.110. The van der Waals surface area contributed by atoms with Crippen molar-refractivity contribution in [2.75, 3.05) is 13.1 Å². The van der Waals surface area contributed by atoms with Crippen molar-refractivity contribution in [3.05, 3.63) is 29.8 Å². The summed E-state index contributed by atoms with van der Waals surface area (Å²) < 4.78 is 5.31. The van der Waals surface area contributed by atoms with Crippen LogP contribution >= 0.6 is 0 Å². The third kappa shape index (κ3) is 3.86. The maximum absolute atomic E-state index is 11.7. The van der Waals surface area contributed by atoms with Crippen molar-refractivity contribution in [1.82, 2.24) is 5.32 Å². The normalized spacial score (nSPS) is 16.8. The lowest BCUT2D eigenvalue weighted by molar-refractivity contribution is -0.135. The molecule has 0 radical (unpaired) electrons. The quantitative estimate of drug-likeness (QED) is 0.643. The summed E-state index contributed by atoms with van der Waals surface area (Å²) >= 11 is 0. The monoisotopic (exact) mass is 233 g/mol. The number of ether oxygens (including phenoxy) is 1. The first-order valence-electron chi connectivity index (χ1n) is 6.22. The van der Waals surface area contributed by atoms with E-state index in [9.17, 15) is 4.79 Å². The van der Waals surface area contributed by atoms with Gasteiger partial charge < -0.3 is 10.1 Å². The van der Waals surface area contributed by atoms with Gasteiger partial charge in [-0.05, 0) is 50.9 Å². The number of carbonyl (C=O) groups is 1. The molecule has 0 saturated carbocycles. The molecule has 1 aromatic carbocycles. The molecule has 1 fully saturated rings. The number of esters is 1. The molecule has 0 spiro atoms. The minimum Gasteiger partial charge on any atom is -0.427 e. The zero-order valence-corrected chi connectivity index (χ0v) is 10.2. The lowest BCUT2D eigenvalue weighted by Gasteiger charge is -2.21. The van der Waals surface area contributed by atoms with Crippen molar-refractivity contribution in [3.63, 3.8) is 0 Å². The van der Waals surface area contributed by atoms with Gasteiger partial charge in [0.2, 0.25) is 0 Å². The van der Waals surface area contributed by atoms with Gasteiger partial charge in [0.05, 0.1) is 0 Å². The van der Waals surface area contributed by atoms with Crippen molar-refractivity contribution in [1.29, 1.82) is 0 Å². The van der Waals surface area contributed by atoms with Crippen LogP contribution in [0, 0.1) is 12.8 Å². The van der Waals surface area contributed by atoms with E-state index >= 15 is 0 Å². The molecule has 3 heteroatoms. The first-order valence-corrected chi connectivity index (χ1v) is 6.22. The second kappa shape index (κ2) is 5.82. The van der Waals surface area contributed by atoms with E-state index in [1.54, 1.807) is 0 Å². The molecule has 92 valence electrons. The summed E-state index contributed by atoms with van der Waals surface area (Å²) in [6, 6.07) is 7.59. The Hall–Kier alpha value is -1.35. The number of piperidine rings is 1. The molecule has 1 heterocycles. The summed E-state index contributed by atoms with van der Waals surface area (Å²) in [6.45, 7) is 4.05. The number of rotatable bonds is 3. The largest absolute Gasteiger partial charge is 0.427 e. The molecule has 1 aromatic rings. The van der Waals surface area contributed by atoms with Gasteiger partial charge in [-0.3, -0.25) is 4.79 Å². The smallest absolute Gasteiger partial charge is 0.311 e. The third-order valence-corrected chi connectivity index (χ3v) is 3.17. The van der Waals surface area contributed by atoms with E-state index in [2.05, 4.69) is 5.32 Å². The molecule has 3 nitrogen and oxygen atoms in total. The molecule has 0 atom stereocenters. The maximum Gasteiger partial charge on any atom is 0.311 e. The Kier molecular flexibility index (Phi) is 4.15. The molecule has 0 unspecified atom stereocenters. The van der Waals surface area contributed by atoms with Gasteiger partial charge in [0.1, 0.15) is 5.75 Å². The van der Waals surface area contributed by atoms with E-state index < -0.39 is 0 Å². The summed E-state index contributed by atoms with van der Waals surface area (Å²) in [5.41, 5.74) is 1.17. The number of hydrogen-bond acceptors (Lipinski definition) is 3. The zero-order chi connectivity index (χ0) is 12.1. The summed E-state index contributed by atoms with van der Waals surface area (Å²) in [6.07, 6.45) is 2.68. The molecule has 1 aliphatic rings. The second-order valence-corrected chi connectivity index (χ2v) is 4.68. The summed E-state index contributed by atoms with van der Waals surface area (Å²) in [5.74, 6) is 1.02. The zero-order valence-electron chi connectivity index (χ0n) is 10.2. The second-order valence-electron chi connectivity index (χ2n) is 4.68. The average Bonchev–Trinajstić information content (AvgIpc) is 2.33. The van der Waals surface area contributed by atoms with Crippen LogP contribution in [0.2, 0.25) is 0 Å². The number of aryl methyl sites for hydroxylation is 1. The molecular formula is C14H19NO2. The van der Waals surface area contributed by atoms with Crippen molar-refractivity contribution < 1.29 is 9.53 Å². The minimum atomic E-state index is -0.110. The van der Waals surface area contributed by atoms with Crippen molar-refractivity contribution in [2.45, 2.75) is 26.2 Å². The number of nitrogens with one attached hydrogen (secondary N) is 1. The Labute approximate surface area is 102 Å². The Morgan fingerprint density at radius 3 is 2.59 bits per heavy atom. The molecule has 0 bridgehead atoms. The Bertz CT molecular complexity index is 366. The van der Waals surface area contributed by atoms with Crippen molar-refractivity contribution in [3.8, 4) is 5.75 Å². The van der Waals surface area contributed by atoms with Gasteiger partial charge in [0.15, 0.2) is 0 Å². The van der Waals surface area contributed by atoms with Crippen LogP contribution in [0.4, 0.5) is 0 Å². The highest BCUT2D eigenvalue weighted by Gasteiger charge is 2.17. The van der Waals surface area contributed by atoms with Crippen LogP contribution in [0.15, 0.2) is 24.3 Å². The van der Waals surface area contributed by atoms with E-state index in [1.165, 1.54) is 5.56 Å². The maximum atomic E-state index is 11.7. The molecule has 0 aliphatic carbocycles. The molecule has 1 saturated heterocycles. The van der Waals surface area contributed by atoms with Crippen LogP contribution in [0.25, 0.3) is 0 Å². The average molecular weight is 233 g/mol. The summed E-state index contributed by atoms with van der Waals surface area (Å²) in [7, 11) is 0. The molecule has 1 aliphatic heterocycles. The van der Waals surface area contributed by atoms with Gasteiger partial charge in [0.25, 0.3) is 0 Å². The fraction of sp³-hybridized carbons (Fsp3) is 0.500. The SMILES string of the molecule is Cc1ccc(OC(=O)CC2CCNCC2)cc1. The standard InChI is InChI=1S/C14H19NO2/c1-11-2-4-13(5-3-11)17-14(16)10-12-6-8-15-9-7-12/h2-5,12,15H,6-10H2,1H3. The summed E-state index contributed by atoms with van der Waals surface area (Å²) in [5, 5.41) is 3.29. The van der Waals surface area contributed by atoms with Gasteiger partial charge in [-0.1, -0.05) is 17.7 Å². The molecule has 17 heavy (non-hydrogen) atoms. The first kappa shape index (κ1) is 12.1. The van der Waals surface area contributed by atoms with Crippen molar-refractivity contribution in [2.24, 2.45) is 5.92 Å². The van der Waals surface area contributed by atoms with Gasteiger partial charge in [-0.15, -0.1) is 0 Å². The lowest BCUT2D eigenvalue weighted by atomic mass is 9.95. The van der Waals surface area contributed by atoms with Gasteiger partial charge in [0, 0.05) is 6.42 Å². The number of hydrogen-bond donors (Lipinski definition) is 1. The van der Waals surface area contributed by atoms with Crippen LogP contribution in [0.1, 0.15) is 24.8 Å². The lowest BCUT2D eigenvalue weighted by Crippen LogP contribution is -2.29. The Balaban J connectivity index is 1.82. The van der Waals surface area contributed by atoms with Gasteiger partial charge >= 0.3 is 5.97 Å². The van der Waals surface area contributed by atoms with Crippen LogP contribution < -0.4 is 10.1 Å². The van der Waals surface area contributed by atoms with E-state index in [-0.39, 0.29) is 5.97 Å². The predicted molar refractivity (Wildman–Crippen MR) is 67.0 cm³/mol. The van der Waals surface area contributed by atoms with Crippen molar-refractivity contribution >= 4 is 5.97 Å². The fourth-order valence-electron chi connectivity index (χ4n) is 2.10. The summed E-state index contributed by atoms with van der Waals surface area (Å²) in [4.78, 5) is 11.7. The molecular weight excluding hydrogens is 214 g/mol. The van der Waals surface area contributed by atoms with Crippen LogP contribution in [-0.2, 0) is 4.79 Å². The molecule has 2 rings (SSSR count). The molecule has 1 N–H and O–H groups in total. The Morgan fingerprint density at radius 1 is 1.29 bits per heavy atom. The van der Waals surface area contributed by atoms with Gasteiger partial charge in [-0.2, -0.15) is 0 Å². The highest BCUT2D eigenvalue weighted by atomic mass is 16.5. The van der Waals surface area contributed by atoms with E-state index in [1.807, 2.05) is 31.2 Å². The third-order valence-electron chi connectivity index (χ3n) is 3.17. The molecule has 0 aromatic heterocycles.